The van der Waals surface area contributed by atoms with Crippen LogP contribution in [0.2, 0.25) is 0 Å². The van der Waals surface area contributed by atoms with Gasteiger partial charge in [-0.1, -0.05) is 57.0 Å². The standard InChI is InChI=1S/C29H35N3/c1-3-5-8-24-12-16-26(17-13-24)30-22-20-28-10-7-11-29(32-28)21-23-31-27-18-14-25(15-19-27)9-6-4-2/h7,10-19,22-23H,3-6,8-9,20-21H2,1-2H3. The smallest absolute Gasteiger partial charge is 0.0626 e. The molecule has 0 aliphatic rings. The van der Waals surface area contributed by atoms with Gasteiger partial charge in [-0.15, -0.1) is 0 Å². The lowest BCUT2D eigenvalue weighted by Crippen LogP contribution is -1.97. The van der Waals surface area contributed by atoms with Crippen LogP contribution in [0.4, 0.5) is 11.4 Å². The Balaban J connectivity index is 1.49. The molecule has 0 N–H and O–H groups in total. The summed E-state index contributed by atoms with van der Waals surface area (Å²) in [5.41, 5.74) is 6.81. The third-order valence-electron chi connectivity index (χ3n) is 5.46. The van der Waals surface area contributed by atoms with Crippen molar-refractivity contribution in [1.29, 1.82) is 0 Å². The van der Waals surface area contributed by atoms with Gasteiger partial charge >= 0.3 is 0 Å². The molecule has 1 aromatic heterocycles. The molecule has 0 saturated carbocycles. The summed E-state index contributed by atoms with van der Waals surface area (Å²) < 4.78 is 0. The van der Waals surface area contributed by atoms with Gasteiger partial charge in [-0.3, -0.25) is 15.0 Å². The average molecular weight is 426 g/mol. The Bertz CT molecular complexity index is 907. The number of pyridine rings is 1. The predicted octanol–water partition coefficient (Wildman–Crippen LogP) is 7.66. The van der Waals surface area contributed by atoms with Gasteiger partial charge in [0.05, 0.1) is 11.4 Å². The molecular weight excluding hydrogens is 390 g/mol. The summed E-state index contributed by atoms with van der Waals surface area (Å²) in [6.07, 6.45) is 12.6. The van der Waals surface area contributed by atoms with Gasteiger partial charge in [0.15, 0.2) is 0 Å². The normalized spacial score (nSPS) is 11.6. The maximum atomic E-state index is 4.75. The van der Waals surface area contributed by atoms with E-state index in [1.54, 1.807) is 0 Å². The molecule has 3 nitrogen and oxygen atoms in total. The molecule has 0 fully saturated rings. The van der Waals surface area contributed by atoms with Gasteiger partial charge < -0.3 is 0 Å². The summed E-state index contributed by atoms with van der Waals surface area (Å²) in [7, 11) is 0. The van der Waals surface area contributed by atoms with Crippen LogP contribution in [-0.4, -0.2) is 17.4 Å². The molecule has 0 amide bonds. The Hall–Kier alpha value is -3.07. The fourth-order valence-electron chi connectivity index (χ4n) is 3.50. The first-order valence-electron chi connectivity index (χ1n) is 11.9. The lowest BCUT2D eigenvalue weighted by atomic mass is 10.1. The zero-order valence-corrected chi connectivity index (χ0v) is 19.5. The quantitative estimate of drug-likeness (QED) is 0.274. The summed E-state index contributed by atoms with van der Waals surface area (Å²) in [6, 6.07) is 23.3. The van der Waals surface area contributed by atoms with Gasteiger partial charge in [0.2, 0.25) is 0 Å². The number of hydrogen-bond donors (Lipinski definition) is 0. The van der Waals surface area contributed by atoms with Crippen molar-refractivity contribution in [1.82, 2.24) is 4.98 Å². The number of aryl methyl sites for hydroxylation is 2. The maximum absolute atomic E-state index is 4.75. The summed E-state index contributed by atoms with van der Waals surface area (Å²) in [5.74, 6) is 0. The van der Waals surface area contributed by atoms with Crippen molar-refractivity contribution >= 4 is 23.8 Å². The van der Waals surface area contributed by atoms with Crippen LogP contribution in [0, 0.1) is 0 Å². The van der Waals surface area contributed by atoms with Crippen molar-refractivity contribution in [3.05, 3.63) is 89.2 Å². The number of rotatable bonds is 12. The lowest BCUT2D eigenvalue weighted by Gasteiger charge is -2.02. The van der Waals surface area contributed by atoms with E-state index in [1.807, 2.05) is 12.4 Å². The van der Waals surface area contributed by atoms with Gasteiger partial charge in [-0.2, -0.15) is 0 Å². The number of hydrogen-bond acceptors (Lipinski definition) is 3. The molecule has 3 aromatic rings. The highest BCUT2D eigenvalue weighted by molar-refractivity contribution is 5.67. The second-order valence-electron chi connectivity index (χ2n) is 8.19. The van der Waals surface area contributed by atoms with Crippen LogP contribution in [0.25, 0.3) is 0 Å². The van der Waals surface area contributed by atoms with E-state index >= 15 is 0 Å². The molecule has 166 valence electrons. The minimum absolute atomic E-state index is 0.724. The highest BCUT2D eigenvalue weighted by Gasteiger charge is 1.98. The number of aliphatic imine (C=N–C) groups is 2. The van der Waals surface area contributed by atoms with Gasteiger partial charge in [-0.25, -0.2) is 0 Å². The summed E-state index contributed by atoms with van der Waals surface area (Å²) >= 11 is 0. The van der Waals surface area contributed by atoms with E-state index in [0.29, 0.717) is 0 Å². The monoisotopic (exact) mass is 425 g/mol. The Morgan fingerprint density at radius 2 is 1.06 bits per heavy atom. The molecule has 3 heteroatoms. The first kappa shape index (κ1) is 23.6. The van der Waals surface area contributed by atoms with E-state index < -0.39 is 0 Å². The van der Waals surface area contributed by atoms with E-state index in [2.05, 4.69) is 90.6 Å². The van der Waals surface area contributed by atoms with Gasteiger partial charge in [0.1, 0.15) is 0 Å². The summed E-state index contributed by atoms with van der Waals surface area (Å²) in [5, 5.41) is 0. The Kier molecular flexibility index (Phi) is 9.85. The molecule has 2 aromatic carbocycles. The average Bonchev–Trinajstić information content (AvgIpc) is 2.83. The topological polar surface area (TPSA) is 37.6 Å². The van der Waals surface area contributed by atoms with Gasteiger partial charge in [0.25, 0.3) is 0 Å². The van der Waals surface area contributed by atoms with E-state index in [-0.39, 0.29) is 0 Å². The van der Waals surface area contributed by atoms with Gasteiger partial charge in [0, 0.05) is 36.7 Å². The number of benzene rings is 2. The molecule has 1 heterocycles. The molecule has 0 aliphatic heterocycles. The van der Waals surface area contributed by atoms with Crippen molar-refractivity contribution in [2.24, 2.45) is 9.98 Å². The molecule has 3 rings (SSSR count). The first-order chi connectivity index (χ1) is 15.8. The minimum Gasteiger partial charge on any atom is -0.261 e. The predicted molar refractivity (Wildman–Crippen MR) is 138 cm³/mol. The Labute approximate surface area is 193 Å². The number of nitrogens with zero attached hydrogens (tertiary/aromatic N) is 3. The highest BCUT2D eigenvalue weighted by Crippen LogP contribution is 2.15. The van der Waals surface area contributed by atoms with E-state index in [4.69, 9.17) is 4.98 Å². The van der Waals surface area contributed by atoms with E-state index in [1.165, 1.54) is 36.8 Å². The second kappa shape index (κ2) is 13.4. The Morgan fingerprint density at radius 3 is 1.47 bits per heavy atom. The second-order valence-corrected chi connectivity index (χ2v) is 8.19. The van der Waals surface area contributed by atoms with Crippen molar-refractivity contribution in [2.75, 3.05) is 0 Å². The van der Waals surface area contributed by atoms with Crippen LogP contribution < -0.4 is 0 Å². The third-order valence-corrected chi connectivity index (χ3v) is 5.46. The van der Waals surface area contributed by atoms with Crippen molar-refractivity contribution in [3.8, 4) is 0 Å². The van der Waals surface area contributed by atoms with Crippen LogP contribution in [0.1, 0.15) is 62.0 Å². The van der Waals surface area contributed by atoms with Crippen LogP contribution in [-0.2, 0) is 25.7 Å². The van der Waals surface area contributed by atoms with Crippen molar-refractivity contribution in [2.45, 2.75) is 65.2 Å². The molecule has 0 saturated heterocycles. The molecule has 0 unspecified atom stereocenters. The molecular formula is C29H35N3. The Morgan fingerprint density at radius 1 is 0.625 bits per heavy atom. The van der Waals surface area contributed by atoms with Crippen LogP contribution >= 0.6 is 0 Å². The highest BCUT2D eigenvalue weighted by atomic mass is 14.8. The van der Waals surface area contributed by atoms with Crippen LogP contribution in [0.3, 0.4) is 0 Å². The van der Waals surface area contributed by atoms with E-state index in [0.717, 1.165) is 48.4 Å². The molecule has 0 bridgehead atoms. The summed E-state index contributed by atoms with van der Waals surface area (Å²) in [4.78, 5) is 13.9. The fraction of sp³-hybridized carbons (Fsp3) is 0.345. The molecule has 0 aliphatic carbocycles. The molecule has 0 spiro atoms. The number of unbranched alkanes of at least 4 members (excludes halogenated alkanes) is 2. The molecule has 0 radical (unpaired) electrons. The maximum Gasteiger partial charge on any atom is 0.0626 e. The summed E-state index contributed by atoms with van der Waals surface area (Å²) in [6.45, 7) is 4.45. The fourth-order valence-corrected chi connectivity index (χ4v) is 3.50. The zero-order chi connectivity index (χ0) is 22.4. The lowest BCUT2D eigenvalue weighted by molar-refractivity contribution is 0.795. The van der Waals surface area contributed by atoms with Crippen LogP contribution in [0.15, 0.2) is 76.7 Å². The SMILES string of the molecule is CCCCc1ccc(N=CCc2cccc(CC=Nc3ccc(CCCC)cc3)n2)cc1. The van der Waals surface area contributed by atoms with Crippen molar-refractivity contribution in [3.63, 3.8) is 0 Å². The number of aromatic nitrogens is 1. The van der Waals surface area contributed by atoms with E-state index in [9.17, 15) is 0 Å². The third kappa shape index (κ3) is 8.22. The largest absolute Gasteiger partial charge is 0.261 e. The zero-order valence-electron chi connectivity index (χ0n) is 19.5. The molecule has 32 heavy (non-hydrogen) atoms. The van der Waals surface area contributed by atoms with Gasteiger partial charge in [-0.05, 0) is 73.2 Å². The molecule has 0 atom stereocenters. The van der Waals surface area contributed by atoms with Crippen molar-refractivity contribution < 1.29 is 0 Å². The first-order valence-corrected chi connectivity index (χ1v) is 11.9. The minimum atomic E-state index is 0.724. The van der Waals surface area contributed by atoms with Crippen LogP contribution in [0.5, 0.6) is 0 Å².